The summed E-state index contributed by atoms with van der Waals surface area (Å²) in [6.45, 7) is 2.06. The molecule has 1 heterocycles. The summed E-state index contributed by atoms with van der Waals surface area (Å²) in [5.74, 6) is -1.13. The van der Waals surface area contributed by atoms with E-state index in [-0.39, 0.29) is 30.0 Å². The van der Waals surface area contributed by atoms with E-state index in [4.69, 9.17) is 0 Å². The Morgan fingerprint density at radius 1 is 1.53 bits per heavy atom. The molecule has 0 saturated carbocycles. The molecule has 2 rings (SSSR count). The monoisotopic (exact) mass is 411 g/mol. The molecule has 0 bridgehead atoms. The second-order valence-electron chi connectivity index (χ2n) is 4.29. The fraction of sp³-hybridized carbons (Fsp3) is 0.417. The average molecular weight is 412 g/mol. The lowest BCUT2D eigenvalue weighted by Gasteiger charge is -2.37. The first-order valence-electron chi connectivity index (χ1n) is 5.25. The molecular formula is C12H15BrINO2. The Bertz CT molecular complexity index is 439. The quantitative estimate of drug-likeness (QED) is 0.719. The van der Waals surface area contributed by atoms with Crippen LogP contribution in [0.15, 0.2) is 22.7 Å². The number of nitrogens with zero attached hydrogens (tertiary/aromatic N) is 1. The summed E-state index contributed by atoms with van der Waals surface area (Å²) in [7, 11) is 2.01. The van der Waals surface area contributed by atoms with Crippen molar-refractivity contribution in [2.24, 2.45) is 0 Å². The molecule has 1 aromatic carbocycles. The van der Waals surface area contributed by atoms with Crippen molar-refractivity contribution in [2.45, 2.75) is 25.3 Å². The van der Waals surface area contributed by atoms with Gasteiger partial charge in [-0.15, -0.1) is 24.0 Å². The van der Waals surface area contributed by atoms with Crippen molar-refractivity contribution in [1.29, 1.82) is 0 Å². The van der Waals surface area contributed by atoms with Gasteiger partial charge in [0, 0.05) is 23.2 Å². The van der Waals surface area contributed by atoms with Gasteiger partial charge in [-0.1, -0.05) is 15.9 Å². The van der Waals surface area contributed by atoms with Crippen LogP contribution in [0.25, 0.3) is 0 Å². The molecule has 0 amide bonds. The number of rotatable bonds is 1. The first kappa shape index (κ1) is 14.8. The predicted octanol–water partition coefficient (Wildman–Crippen LogP) is 3.46. The van der Waals surface area contributed by atoms with E-state index in [0.29, 0.717) is 6.42 Å². The minimum atomic E-state index is -0.737. The zero-order valence-corrected chi connectivity index (χ0v) is 13.6. The molecule has 2 unspecified atom stereocenters. The molecule has 0 aliphatic carbocycles. The number of benzene rings is 1. The van der Waals surface area contributed by atoms with Gasteiger partial charge in [-0.25, -0.2) is 0 Å². The molecule has 0 radical (unpaired) electrons. The minimum absolute atomic E-state index is 0. The number of hydrogen-bond acceptors (Lipinski definition) is 2. The van der Waals surface area contributed by atoms with Gasteiger partial charge in [-0.3, -0.25) is 4.79 Å². The van der Waals surface area contributed by atoms with Crippen LogP contribution in [-0.4, -0.2) is 24.2 Å². The Hall–Kier alpha value is -0.300. The van der Waals surface area contributed by atoms with Gasteiger partial charge in [0.2, 0.25) is 0 Å². The zero-order chi connectivity index (χ0) is 11.9. The number of carboxylic acid groups (broad SMARTS) is 1. The van der Waals surface area contributed by atoms with Gasteiger partial charge in [0.05, 0.1) is 5.92 Å². The van der Waals surface area contributed by atoms with Crippen LogP contribution in [0.2, 0.25) is 0 Å². The van der Waals surface area contributed by atoms with E-state index in [2.05, 4.69) is 27.8 Å². The van der Waals surface area contributed by atoms with Crippen molar-refractivity contribution in [3.05, 3.63) is 28.2 Å². The maximum atomic E-state index is 11.2. The van der Waals surface area contributed by atoms with Crippen molar-refractivity contribution in [3.8, 4) is 0 Å². The molecule has 3 nitrogen and oxygen atoms in total. The summed E-state index contributed by atoms with van der Waals surface area (Å²) >= 11 is 3.39. The summed E-state index contributed by atoms with van der Waals surface area (Å²) in [5, 5.41) is 9.25. The molecular weight excluding hydrogens is 397 g/mol. The molecule has 1 N–H and O–H groups in total. The lowest BCUT2D eigenvalue weighted by molar-refractivity contribution is -0.139. The molecule has 1 aromatic rings. The number of anilines is 1. The van der Waals surface area contributed by atoms with Crippen LogP contribution in [0.5, 0.6) is 0 Å². The number of fused-ring (bicyclic) bond motifs is 1. The van der Waals surface area contributed by atoms with Crippen molar-refractivity contribution in [3.63, 3.8) is 0 Å². The van der Waals surface area contributed by atoms with Gasteiger partial charge in [0.1, 0.15) is 0 Å². The van der Waals surface area contributed by atoms with E-state index in [1.165, 1.54) is 0 Å². The van der Waals surface area contributed by atoms with Crippen molar-refractivity contribution >= 4 is 51.6 Å². The van der Waals surface area contributed by atoms with Gasteiger partial charge in [0.25, 0.3) is 0 Å². The average Bonchev–Trinajstić information content (AvgIpc) is 2.22. The molecule has 0 fully saturated rings. The van der Waals surface area contributed by atoms with Gasteiger partial charge in [-0.2, -0.15) is 0 Å². The second kappa shape index (κ2) is 5.56. The smallest absolute Gasteiger partial charge is 0.311 e. The Kier molecular flexibility index (Phi) is 4.83. The number of hydrogen-bond donors (Lipinski definition) is 1. The summed E-state index contributed by atoms with van der Waals surface area (Å²) in [6, 6.07) is 6.10. The van der Waals surface area contributed by atoms with Crippen molar-refractivity contribution in [2.75, 3.05) is 11.9 Å². The molecule has 5 heteroatoms. The summed E-state index contributed by atoms with van der Waals surface area (Å²) in [5.41, 5.74) is 1.93. The van der Waals surface area contributed by atoms with Crippen LogP contribution in [0.4, 0.5) is 5.69 Å². The second-order valence-corrected chi connectivity index (χ2v) is 5.21. The number of carboxylic acids is 1. The Labute approximate surface area is 126 Å². The molecule has 0 aromatic heterocycles. The van der Waals surface area contributed by atoms with E-state index >= 15 is 0 Å². The maximum absolute atomic E-state index is 11.2. The van der Waals surface area contributed by atoms with E-state index in [0.717, 1.165) is 15.7 Å². The number of aliphatic carboxylic acids is 1. The number of carbonyl (C=O) groups is 1. The van der Waals surface area contributed by atoms with Crippen LogP contribution in [0.3, 0.4) is 0 Å². The predicted molar refractivity (Wildman–Crippen MR) is 82.4 cm³/mol. The van der Waals surface area contributed by atoms with Crippen molar-refractivity contribution < 1.29 is 9.90 Å². The molecule has 17 heavy (non-hydrogen) atoms. The fourth-order valence-corrected chi connectivity index (χ4v) is 2.60. The normalized spacial score (nSPS) is 22.6. The van der Waals surface area contributed by atoms with Crippen LogP contribution in [0.1, 0.15) is 24.8 Å². The van der Waals surface area contributed by atoms with Crippen LogP contribution in [-0.2, 0) is 4.79 Å². The summed E-state index contributed by atoms with van der Waals surface area (Å²) < 4.78 is 0.931. The Balaban J connectivity index is 0.00000144. The first-order chi connectivity index (χ1) is 7.50. The molecule has 94 valence electrons. The highest BCUT2D eigenvalue weighted by Gasteiger charge is 2.32. The molecule has 0 saturated heterocycles. The lowest BCUT2D eigenvalue weighted by Crippen LogP contribution is -2.37. The highest BCUT2D eigenvalue weighted by atomic mass is 127. The van der Waals surface area contributed by atoms with Gasteiger partial charge >= 0.3 is 5.97 Å². The van der Waals surface area contributed by atoms with Crippen LogP contribution >= 0.6 is 39.9 Å². The SMILES string of the molecule is CC1CC(C(=O)O)c2cc(Br)ccc2N1C.I. The van der Waals surface area contributed by atoms with E-state index in [1.54, 1.807) is 0 Å². The third kappa shape index (κ3) is 2.76. The Morgan fingerprint density at radius 3 is 2.76 bits per heavy atom. The van der Waals surface area contributed by atoms with Gasteiger partial charge in [0.15, 0.2) is 0 Å². The van der Waals surface area contributed by atoms with Gasteiger partial charge < -0.3 is 10.0 Å². The van der Waals surface area contributed by atoms with E-state index in [9.17, 15) is 9.90 Å². The highest BCUT2D eigenvalue weighted by molar-refractivity contribution is 14.0. The third-order valence-electron chi connectivity index (χ3n) is 3.28. The fourth-order valence-electron chi connectivity index (χ4n) is 2.22. The molecule has 2 atom stereocenters. The molecule has 1 aliphatic rings. The van der Waals surface area contributed by atoms with Gasteiger partial charge in [-0.05, 0) is 37.1 Å². The van der Waals surface area contributed by atoms with E-state index in [1.807, 2.05) is 25.2 Å². The minimum Gasteiger partial charge on any atom is -0.481 e. The Morgan fingerprint density at radius 2 is 2.18 bits per heavy atom. The van der Waals surface area contributed by atoms with Crippen molar-refractivity contribution in [1.82, 2.24) is 0 Å². The van der Waals surface area contributed by atoms with E-state index < -0.39 is 11.9 Å². The highest BCUT2D eigenvalue weighted by Crippen LogP contribution is 2.39. The molecule has 1 aliphatic heterocycles. The van der Waals surface area contributed by atoms with Crippen LogP contribution in [0, 0.1) is 0 Å². The largest absolute Gasteiger partial charge is 0.481 e. The summed E-state index contributed by atoms with van der Waals surface area (Å²) in [4.78, 5) is 13.4. The number of halogens is 2. The zero-order valence-electron chi connectivity index (χ0n) is 9.68. The third-order valence-corrected chi connectivity index (χ3v) is 3.77. The molecule has 0 spiro atoms. The standard InChI is InChI=1S/C12H14BrNO2.HI/c1-7-5-10(12(15)16)9-6-8(13)3-4-11(9)14(7)2;/h3-4,6-7,10H,5H2,1-2H3,(H,15,16);1H. The summed E-state index contributed by atoms with van der Waals surface area (Å²) in [6.07, 6.45) is 0.662. The lowest BCUT2D eigenvalue weighted by atomic mass is 9.86. The van der Waals surface area contributed by atoms with Crippen LogP contribution < -0.4 is 4.90 Å². The first-order valence-corrected chi connectivity index (χ1v) is 6.05. The maximum Gasteiger partial charge on any atom is 0.311 e. The topological polar surface area (TPSA) is 40.5 Å².